The van der Waals surface area contributed by atoms with Gasteiger partial charge in [-0.2, -0.15) is 13.2 Å². The summed E-state index contributed by atoms with van der Waals surface area (Å²) in [5.74, 6) is -1.09. The number of carboxylic acids is 1. The molecule has 12 heteroatoms. The Labute approximate surface area is 196 Å². The molecule has 0 aliphatic carbocycles. The molecule has 0 saturated carbocycles. The second kappa shape index (κ2) is 8.80. The van der Waals surface area contributed by atoms with Crippen LogP contribution in [0.1, 0.15) is 18.4 Å². The fourth-order valence-electron chi connectivity index (χ4n) is 4.26. The van der Waals surface area contributed by atoms with Gasteiger partial charge in [-0.3, -0.25) is 4.31 Å². The lowest BCUT2D eigenvalue weighted by atomic mass is 9.96. The minimum absolute atomic E-state index is 0.00500. The molecule has 1 unspecified atom stereocenters. The zero-order valence-electron chi connectivity index (χ0n) is 17.1. The van der Waals surface area contributed by atoms with E-state index in [2.05, 4.69) is 15.9 Å². The number of carbonyl (C=O) groups is 1. The van der Waals surface area contributed by atoms with Crippen molar-refractivity contribution in [2.24, 2.45) is 0 Å². The monoisotopic (exact) mass is 548 g/mol. The molecule has 0 amide bonds. The van der Waals surface area contributed by atoms with E-state index in [1.807, 2.05) is 4.90 Å². The van der Waals surface area contributed by atoms with Crippen LogP contribution in [0.25, 0.3) is 0 Å². The smallest absolute Gasteiger partial charge is 0.416 e. The van der Waals surface area contributed by atoms with Gasteiger partial charge in [0.25, 0.3) is 10.0 Å². The predicted molar refractivity (Wildman–Crippen MR) is 118 cm³/mol. The van der Waals surface area contributed by atoms with Crippen molar-refractivity contribution in [2.75, 3.05) is 28.9 Å². The number of halogens is 4. The number of alkyl halides is 3. The van der Waals surface area contributed by atoms with Gasteiger partial charge in [0.05, 0.1) is 40.5 Å². The highest BCUT2D eigenvalue weighted by Gasteiger charge is 2.41. The molecule has 0 bridgehead atoms. The van der Waals surface area contributed by atoms with Gasteiger partial charge in [-0.1, -0.05) is 22.0 Å². The van der Waals surface area contributed by atoms with Crippen LogP contribution in [0.2, 0.25) is 0 Å². The fraction of sp³-hybridized carbons (Fsp3) is 0.381. The molecule has 2 aromatic rings. The Morgan fingerprint density at radius 3 is 2.64 bits per heavy atom. The molecule has 2 heterocycles. The zero-order valence-corrected chi connectivity index (χ0v) is 19.5. The zero-order chi connectivity index (χ0) is 24.0. The van der Waals surface area contributed by atoms with E-state index in [0.29, 0.717) is 41.3 Å². The molecular weight excluding hydrogens is 529 g/mol. The fourth-order valence-corrected chi connectivity index (χ4v) is 6.17. The van der Waals surface area contributed by atoms with Crippen molar-refractivity contribution in [3.05, 3.63) is 52.5 Å². The molecule has 2 atom stereocenters. The van der Waals surface area contributed by atoms with Gasteiger partial charge >= 0.3 is 12.1 Å². The summed E-state index contributed by atoms with van der Waals surface area (Å²) >= 11 is 3.35. The number of hydrogen-bond acceptors (Lipinski definition) is 5. The SMILES string of the molecule is O=C(O)COC1CCN2c3ccc(Br)cc3N(S(=O)(=O)c3cccc(C(F)(F)F)c3)C[C@@H]2C1. The number of sulfonamides is 1. The quantitative estimate of drug-likeness (QED) is 0.604. The molecule has 1 fully saturated rings. The molecule has 1 saturated heterocycles. The van der Waals surface area contributed by atoms with Gasteiger partial charge in [0.2, 0.25) is 0 Å². The lowest BCUT2D eigenvalue weighted by Crippen LogP contribution is -2.55. The van der Waals surface area contributed by atoms with Crippen molar-refractivity contribution in [1.29, 1.82) is 0 Å². The highest BCUT2D eigenvalue weighted by Crippen LogP contribution is 2.43. The maximum Gasteiger partial charge on any atom is 0.416 e. The van der Waals surface area contributed by atoms with Crippen molar-refractivity contribution >= 4 is 43.3 Å². The third kappa shape index (κ3) is 4.82. The van der Waals surface area contributed by atoms with E-state index in [1.165, 1.54) is 0 Å². The average Bonchev–Trinajstić information content (AvgIpc) is 2.76. The molecule has 7 nitrogen and oxygen atoms in total. The van der Waals surface area contributed by atoms with Gasteiger partial charge in [-0.25, -0.2) is 13.2 Å². The second-order valence-corrected chi connectivity index (χ2v) is 10.7. The summed E-state index contributed by atoms with van der Waals surface area (Å²) in [6.45, 7) is 0.0726. The van der Waals surface area contributed by atoms with Crippen LogP contribution in [0, 0.1) is 0 Å². The Kier molecular flexibility index (Phi) is 6.36. The van der Waals surface area contributed by atoms with Gasteiger partial charge in [0.15, 0.2) is 0 Å². The molecule has 0 spiro atoms. The summed E-state index contributed by atoms with van der Waals surface area (Å²) in [6.07, 6.45) is -4.09. The Balaban J connectivity index is 1.72. The Morgan fingerprint density at radius 1 is 1.18 bits per heavy atom. The highest BCUT2D eigenvalue weighted by molar-refractivity contribution is 9.10. The van der Waals surface area contributed by atoms with Gasteiger partial charge in [-0.15, -0.1) is 0 Å². The van der Waals surface area contributed by atoms with E-state index < -0.39 is 39.2 Å². The van der Waals surface area contributed by atoms with E-state index in [0.717, 1.165) is 22.5 Å². The number of piperidine rings is 1. The van der Waals surface area contributed by atoms with Gasteiger partial charge in [0.1, 0.15) is 6.61 Å². The van der Waals surface area contributed by atoms with Crippen molar-refractivity contribution in [1.82, 2.24) is 0 Å². The number of aliphatic carboxylic acids is 1. The van der Waals surface area contributed by atoms with Crippen LogP contribution in [-0.4, -0.2) is 51.3 Å². The molecular formula is C21H20BrF3N2O5S. The van der Waals surface area contributed by atoms with E-state index in [4.69, 9.17) is 9.84 Å². The van der Waals surface area contributed by atoms with Crippen LogP contribution >= 0.6 is 15.9 Å². The van der Waals surface area contributed by atoms with Crippen LogP contribution in [0.15, 0.2) is 51.8 Å². The van der Waals surface area contributed by atoms with Crippen LogP contribution in [0.4, 0.5) is 24.5 Å². The van der Waals surface area contributed by atoms with Crippen LogP contribution in [0.5, 0.6) is 0 Å². The topological polar surface area (TPSA) is 87.2 Å². The second-order valence-electron chi connectivity index (χ2n) is 7.89. The predicted octanol–water partition coefficient (Wildman–Crippen LogP) is 4.12. The summed E-state index contributed by atoms with van der Waals surface area (Å²) < 4.78 is 73.9. The summed E-state index contributed by atoms with van der Waals surface area (Å²) in [6, 6.07) is 8.52. The summed E-state index contributed by atoms with van der Waals surface area (Å²) in [4.78, 5) is 12.4. The van der Waals surface area contributed by atoms with E-state index >= 15 is 0 Å². The number of ether oxygens (including phenoxy) is 1. The molecule has 2 aliphatic heterocycles. The number of nitrogens with zero attached hydrogens (tertiary/aromatic N) is 2. The molecule has 0 aromatic heterocycles. The first kappa shape index (κ1) is 23.8. The maximum atomic E-state index is 13.5. The Hall–Kier alpha value is -2.31. The number of rotatable bonds is 5. The third-order valence-electron chi connectivity index (χ3n) is 5.75. The molecule has 4 rings (SSSR count). The largest absolute Gasteiger partial charge is 0.480 e. The Morgan fingerprint density at radius 2 is 1.94 bits per heavy atom. The lowest BCUT2D eigenvalue weighted by molar-refractivity contribution is -0.145. The first-order valence-corrected chi connectivity index (χ1v) is 12.3. The number of carboxylic acid groups (broad SMARTS) is 1. The van der Waals surface area contributed by atoms with Crippen LogP contribution in [0.3, 0.4) is 0 Å². The molecule has 2 aromatic carbocycles. The first-order chi connectivity index (χ1) is 15.5. The molecule has 2 aliphatic rings. The van der Waals surface area contributed by atoms with Crippen molar-refractivity contribution < 1.29 is 36.2 Å². The minimum Gasteiger partial charge on any atom is -0.480 e. The molecule has 0 radical (unpaired) electrons. The first-order valence-electron chi connectivity index (χ1n) is 10.1. The van der Waals surface area contributed by atoms with Gasteiger partial charge in [0, 0.05) is 11.0 Å². The number of anilines is 2. The Bertz CT molecular complexity index is 1170. The average molecular weight is 549 g/mol. The maximum absolute atomic E-state index is 13.5. The number of benzene rings is 2. The standard InChI is InChI=1S/C21H20BrF3N2O5S/c22-14-4-5-18-19(9-14)27(11-15-10-16(6-7-26(15)18)32-12-20(28)29)33(30,31)17-3-1-2-13(8-17)21(23,24)25/h1-5,8-9,15-16H,6-7,10-12H2,(H,28,29)/t15-,16?/m0/s1. The summed E-state index contributed by atoms with van der Waals surface area (Å²) in [5, 5.41) is 8.88. The molecule has 178 valence electrons. The normalized spacial score (nSPS) is 20.8. The van der Waals surface area contributed by atoms with Gasteiger partial charge in [-0.05, 0) is 49.2 Å². The lowest BCUT2D eigenvalue weighted by Gasteiger charge is -2.48. The van der Waals surface area contributed by atoms with Crippen molar-refractivity contribution in [3.8, 4) is 0 Å². The van der Waals surface area contributed by atoms with Crippen LogP contribution < -0.4 is 9.21 Å². The van der Waals surface area contributed by atoms with Gasteiger partial charge < -0.3 is 14.7 Å². The van der Waals surface area contributed by atoms with E-state index in [1.54, 1.807) is 18.2 Å². The van der Waals surface area contributed by atoms with Crippen LogP contribution in [-0.2, 0) is 25.7 Å². The summed E-state index contributed by atoms with van der Waals surface area (Å²) in [7, 11) is -4.32. The molecule has 1 N–H and O–H groups in total. The van der Waals surface area contributed by atoms with Crippen molar-refractivity contribution in [2.45, 2.75) is 36.1 Å². The van der Waals surface area contributed by atoms with E-state index in [9.17, 15) is 26.4 Å². The highest BCUT2D eigenvalue weighted by atomic mass is 79.9. The van der Waals surface area contributed by atoms with E-state index in [-0.39, 0.29) is 18.7 Å². The van der Waals surface area contributed by atoms with Crippen molar-refractivity contribution in [3.63, 3.8) is 0 Å². The summed E-state index contributed by atoms with van der Waals surface area (Å²) in [5.41, 5.74) is -0.0406. The minimum atomic E-state index is -4.68. The molecule has 33 heavy (non-hydrogen) atoms. The third-order valence-corrected chi connectivity index (χ3v) is 8.02. The number of hydrogen-bond donors (Lipinski definition) is 1. The number of fused-ring (bicyclic) bond motifs is 3.